The Labute approximate surface area is 125 Å². The Hall–Kier alpha value is -2.04. The van der Waals surface area contributed by atoms with Gasteiger partial charge >= 0.3 is 12.1 Å². The molecule has 5 heteroatoms. The van der Waals surface area contributed by atoms with Gasteiger partial charge in [0, 0.05) is 12.5 Å². The van der Waals surface area contributed by atoms with Gasteiger partial charge in [0.15, 0.2) is 0 Å². The number of carboxylic acids is 1. The molecule has 0 aliphatic rings. The summed E-state index contributed by atoms with van der Waals surface area (Å²) < 4.78 is 5.15. The van der Waals surface area contributed by atoms with E-state index in [1.165, 1.54) is 0 Å². The van der Waals surface area contributed by atoms with Crippen molar-refractivity contribution in [3.63, 3.8) is 0 Å². The second-order valence-corrected chi connectivity index (χ2v) is 5.46. The molecule has 0 aliphatic heterocycles. The summed E-state index contributed by atoms with van der Waals surface area (Å²) in [5, 5.41) is 11.5. The normalized spacial score (nSPS) is 12.0. The minimum atomic E-state index is -0.858. The SMILES string of the molecule is CC(C)CC(CCC(=O)O)NC(=O)OCc1ccccc1. The van der Waals surface area contributed by atoms with E-state index in [-0.39, 0.29) is 19.1 Å². The highest BCUT2D eigenvalue weighted by molar-refractivity contribution is 5.68. The first-order chi connectivity index (χ1) is 9.97. The Morgan fingerprint density at radius 1 is 1.24 bits per heavy atom. The van der Waals surface area contributed by atoms with Crippen molar-refractivity contribution in [3.05, 3.63) is 35.9 Å². The van der Waals surface area contributed by atoms with E-state index in [1.807, 2.05) is 44.2 Å². The molecule has 0 fully saturated rings. The fourth-order valence-electron chi connectivity index (χ4n) is 2.05. The molecule has 1 aromatic rings. The molecule has 0 aromatic heterocycles. The van der Waals surface area contributed by atoms with E-state index in [9.17, 15) is 9.59 Å². The van der Waals surface area contributed by atoms with Gasteiger partial charge in [-0.2, -0.15) is 0 Å². The van der Waals surface area contributed by atoms with Crippen molar-refractivity contribution in [1.82, 2.24) is 5.32 Å². The van der Waals surface area contributed by atoms with Gasteiger partial charge in [-0.1, -0.05) is 44.2 Å². The molecule has 0 saturated heterocycles. The summed E-state index contributed by atoms with van der Waals surface area (Å²) in [5.74, 6) is -0.485. The molecule has 0 aliphatic carbocycles. The first kappa shape index (κ1) is 17.0. The maximum absolute atomic E-state index is 11.8. The highest BCUT2D eigenvalue weighted by atomic mass is 16.5. The highest BCUT2D eigenvalue weighted by Crippen LogP contribution is 2.10. The van der Waals surface area contributed by atoms with Crippen LogP contribution in [-0.2, 0) is 16.1 Å². The summed E-state index contributed by atoms with van der Waals surface area (Å²) in [7, 11) is 0. The lowest BCUT2D eigenvalue weighted by atomic mass is 10.00. The van der Waals surface area contributed by atoms with E-state index >= 15 is 0 Å². The van der Waals surface area contributed by atoms with Crippen LogP contribution in [0.25, 0.3) is 0 Å². The standard InChI is InChI=1S/C16H23NO4/c1-12(2)10-14(8-9-15(18)19)17-16(20)21-11-13-6-4-3-5-7-13/h3-7,12,14H,8-11H2,1-2H3,(H,17,20)(H,18,19). The number of amides is 1. The number of rotatable bonds is 8. The van der Waals surface area contributed by atoms with E-state index in [4.69, 9.17) is 9.84 Å². The quantitative estimate of drug-likeness (QED) is 0.771. The maximum atomic E-state index is 11.8. The summed E-state index contributed by atoms with van der Waals surface area (Å²) in [6.07, 6.45) is 0.674. The van der Waals surface area contributed by atoms with E-state index < -0.39 is 12.1 Å². The van der Waals surface area contributed by atoms with E-state index in [0.717, 1.165) is 12.0 Å². The number of nitrogens with one attached hydrogen (secondary N) is 1. The first-order valence-corrected chi connectivity index (χ1v) is 7.16. The molecule has 0 saturated carbocycles. The van der Waals surface area contributed by atoms with Crippen molar-refractivity contribution in [3.8, 4) is 0 Å². The van der Waals surface area contributed by atoms with Gasteiger partial charge in [0.2, 0.25) is 0 Å². The lowest BCUT2D eigenvalue weighted by molar-refractivity contribution is -0.137. The van der Waals surface area contributed by atoms with Crippen molar-refractivity contribution in [2.75, 3.05) is 0 Å². The third kappa shape index (κ3) is 7.97. The lowest BCUT2D eigenvalue weighted by Crippen LogP contribution is -2.36. The fraction of sp³-hybridized carbons (Fsp3) is 0.500. The zero-order valence-electron chi connectivity index (χ0n) is 12.5. The van der Waals surface area contributed by atoms with Gasteiger partial charge in [-0.05, 0) is 24.3 Å². The Morgan fingerprint density at radius 3 is 2.48 bits per heavy atom. The van der Waals surface area contributed by atoms with Gasteiger partial charge in [0.1, 0.15) is 6.61 Å². The predicted octanol–water partition coefficient (Wildman–Crippen LogP) is 3.19. The summed E-state index contributed by atoms with van der Waals surface area (Å²) >= 11 is 0. The van der Waals surface area contributed by atoms with Gasteiger partial charge in [-0.25, -0.2) is 4.79 Å². The second-order valence-electron chi connectivity index (χ2n) is 5.46. The van der Waals surface area contributed by atoms with E-state index in [1.54, 1.807) is 0 Å². The van der Waals surface area contributed by atoms with Crippen LogP contribution >= 0.6 is 0 Å². The Morgan fingerprint density at radius 2 is 1.90 bits per heavy atom. The molecule has 2 N–H and O–H groups in total. The topological polar surface area (TPSA) is 75.6 Å². The molecule has 0 heterocycles. The molecule has 116 valence electrons. The zero-order valence-corrected chi connectivity index (χ0v) is 12.5. The molecule has 1 rings (SSSR count). The predicted molar refractivity (Wildman–Crippen MR) is 79.9 cm³/mol. The molecule has 5 nitrogen and oxygen atoms in total. The van der Waals surface area contributed by atoms with Gasteiger partial charge in [-0.3, -0.25) is 4.79 Å². The molecule has 0 bridgehead atoms. The minimum absolute atomic E-state index is 0.0380. The fourth-order valence-corrected chi connectivity index (χ4v) is 2.05. The number of ether oxygens (including phenoxy) is 1. The molecule has 1 amide bonds. The molecular formula is C16H23NO4. The van der Waals surface area contributed by atoms with Crippen LogP contribution in [0.5, 0.6) is 0 Å². The van der Waals surface area contributed by atoms with Gasteiger partial charge in [0.25, 0.3) is 0 Å². The number of hydrogen-bond donors (Lipinski definition) is 2. The summed E-state index contributed by atoms with van der Waals surface area (Å²) in [4.78, 5) is 22.4. The van der Waals surface area contributed by atoms with Crippen LogP contribution in [0.4, 0.5) is 4.79 Å². The van der Waals surface area contributed by atoms with E-state index in [0.29, 0.717) is 12.3 Å². The molecular weight excluding hydrogens is 270 g/mol. The maximum Gasteiger partial charge on any atom is 0.407 e. The van der Waals surface area contributed by atoms with Crippen LogP contribution in [0.2, 0.25) is 0 Å². The van der Waals surface area contributed by atoms with Crippen molar-refractivity contribution >= 4 is 12.1 Å². The van der Waals surface area contributed by atoms with Crippen molar-refractivity contribution in [2.24, 2.45) is 5.92 Å². The first-order valence-electron chi connectivity index (χ1n) is 7.16. The number of alkyl carbamates (subject to hydrolysis) is 1. The average molecular weight is 293 g/mol. The number of carboxylic acid groups (broad SMARTS) is 1. The van der Waals surface area contributed by atoms with Crippen LogP contribution in [0, 0.1) is 5.92 Å². The summed E-state index contributed by atoms with van der Waals surface area (Å²) in [5.41, 5.74) is 0.915. The van der Waals surface area contributed by atoms with E-state index in [2.05, 4.69) is 5.32 Å². The Balaban J connectivity index is 2.41. The minimum Gasteiger partial charge on any atom is -0.481 e. The van der Waals surface area contributed by atoms with Crippen LogP contribution in [-0.4, -0.2) is 23.2 Å². The summed E-state index contributed by atoms with van der Waals surface area (Å²) in [6, 6.07) is 9.24. The molecule has 21 heavy (non-hydrogen) atoms. The van der Waals surface area contributed by atoms with Crippen LogP contribution < -0.4 is 5.32 Å². The number of aliphatic carboxylic acids is 1. The molecule has 1 aromatic carbocycles. The molecule has 1 atom stereocenters. The summed E-state index contributed by atoms with van der Waals surface area (Å²) in [6.45, 7) is 4.27. The lowest BCUT2D eigenvalue weighted by Gasteiger charge is -2.19. The van der Waals surface area contributed by atoms with Crippen molar-refractivity contribution in [1.29, 1.82) is 0 Å². The average Bonchev–Trinajstić information content (AvgIpc) is 2.43. The highest BCUT2D eigenvalue weighted by Gasteiger charge is 2.16. The molecule has 0 spiro atoms. The van der Waals surface area contributed by atoms with Gasteiger partial charge in [-0.15, -0.1) is 0 Å². The third-order valence-electron chi connectivity index (χ3n) is 3.00. The van der Waals surface area contributed by atoms with Crippen molar-refractivity contribution in [2.45, 2.75) is 45.8 Å². The van der Waals surface area contributed by atoms with Crippen LogP contribution in [0.3, 0.4) is 0 Å². The van der Waals surface area contributed by atoms with Crippen LogP contribution in [0.15, 0.2) is 30.3 Å². The number of carbonyl (C=O) groups excluding carboxylic acids is 1. The monoisotopic (exact) mass is 293 g/mol. The largest absolute Gasteiger partial charge is 0.481 e. The Kier molecular flexibility index (Phi) is 7.29. The molecule has 1 unspecified atom stereocenters. The smallest absolute Gasteiger partial charge is 0.407 e. The molecule has 0 radical (unpaired) electrons. The van der Waals surface area contributed by atoms with Crippen molar-refractivity contribution < 1.29 is 19.4 Å². The van der Waals surface area contributed by atoms with Crippen LogP contribution in [0.1, 0.15) is 38.7 Å². The van der Waals surface area contributed by atoms with Gasteiger partial charge in [0.05, 0.1) is 0 Å². The third-order valence-corrected chi connectivity index (χ3v) is 3.00. The second kappa shape index (κ2) is 9.00. The van der Waals surface area contributed by atoms with Gasteiger partial charge < -0.3 is 15.2 Å². The Bertz CT molecular complexity index is 445. The number of benzene rings is 1. The number of carbonyl (C=O) groups is 2. The number of hydrogen-bond acceptors (Lipinski definition) is 3. The zero-order chi connectivity index (χ0) is 15.7.